The van der Waals surface area contributed by atoms with Crippen molar-refractivity contribution in [3.63, 3.8) is 0 Å². The molecule has 0 saturated carbocycles. The molecule has 3 aromatic carbocycles. The summed E-state index contributed by atoms with van der Waals surface area (Å²) >= 11 is 0. The SMILES string of the molecule is C.CC(C)(C)N1CCCCC1.CC(C)(C)N1CCCCC1.CC(C)(C)N1CCCCC1.CC(C)(C)N1CCCCCC1.CCN(Cc1ccccc1)C(C)(C)C.Cc1cccc(CC(C)(C)C)c1.Cc1ccccc1CC(C)(C)C. The summed E-state index contributed by atoms with van der Waals surface area (Å²) in [5, 5.41) is 0. The van der Waals surface area contributed by atoms with E-state index in [1.807, 2.05) is 0 Å². The first-order valence-corrected chi connectivity index (χ1v) is 32.3. The van der Waals surface area contributed by atoms with Crippen molar-refractivity contribution in [2.24, 2.45) is 10.8 Å². The number of piperidine rings is 3. The Labute approximate surface area is 502 Å². The van der Waals surface area contributed by atoms with Gasteiger partial charge in [0.2, 0.25) is 0 Å². The fourth-order valence-corrected chi connectivity index (χ4v) is 10.9. The average Bonchev–Trinajstić information content (AvgIpc) is 3.66. The Kier molecular flexibility index (Phi) is 36.5. The van der Waals surface area contributed by atoms with Crippen LogP contribution in [-0.2, 0) is 19.4 Å². The summed E-state index contributed by atoms with van der Waals surface area (Å²) in [6, 6.07) is 28.0. The Morgan fingerprint density at radius 2 is 0.675 bits per heavy atom. The van der Waals surface area contributed by atoms with Crippen molar-refractivity contribution in [1.29, 1.82) is 0 Å². The molecule has 0 aromatic heterocycles. The molecular formula is C75H139N5. The van der Waals surface area contributed by atoms with Crippen molar-refractivity contribution in [3.8, 4) is 0 Å². The molecule has 0 N–H and O–H groups in total. The smallest absolute Gasteiger partial charge is 0.0238 e. The van der Waals surface area contributed by atoms with Gasteiger partial charge in [-0.15, -0.1) is 0 Å². The fraction of sp³-hybridized carbons (Fsp3) is 0.760. The molecule has 464 valence electrons. The summed E-state index contributed by atoms with van der Waals surface area (Å²) in [4.78, 5) is 12.8. The summed E-state index contributed by atoms with van der Waals surface area (Å²) in [6.07, 6.45) is 20.7. The van der Waals surface area contributed by atoms with Crippen molar-refractivity contribution in [3.05, 3.63) is 107 Å². The molecule has 0 bridgehead atoms. The van der Waals surface area contributed by atoms with Gasteiger partial charge in [-0.3, -0.25) is 24.5 Å². The van der Waals surface area contributed by atoms with E-state index in [0.29, 0.717) is 33.0 Å². The second kappa shape index (κ2) is 37.7. The van der Waals surface area contributed by atoms with Crippen molar-refractivity contribution >= 4 is 0 Å². The van der Waals surface area contributed by atoms with Gasteiger partial charge >= 0.3 is 0 Å². The highest BCUT2D eigenvalue weighted by Crippen LogP contribution is 2.25. The number of rotatable bonds is 5. The lowest BCUT2D eigenvalue weighted by molar-refractivity contribution is 0.110. The first-order chi connectivity index (χ1) is 36.4. The molecule has 4 fully saturated rings. The van der Waals surface area contributed by atoms with E-state index in [-0.39, 0.29) is 13.0 Å². The van der Waals surface area contributed by atoms with Crippen molar-refractivity contribution in [1.82, 2.24) is 24.5 Å². The molecule has 0 amide bonds. The summed E-state index contributed by atoms with van der Waals surface area (Å²) < 4.78 is 0. The molecule has 4 aliphatic rings. The lowest BCUT2D eigenvalue weighted by Crippen LogP contribution is -2.44. The Bertz CT molecular complexity index is 1880. The zero-order valence-electron chi connectivity index (χ0n) is 57.4. The third-order valence-electron chi connectivity index (χ3n) is 15.8. The van der Waals surface area contributed by atoms with Crippen LogP contribution >= 0.6 is 0 Å². The van der Waals surface area contributed by atoms with Crippen LogP contribution in [0, 0.1) is 24.7 Å². The van der Waals surface area contributed by atoms with Gasteiger partial charge in [-0.25, -0.2) is 0 Å². The maximum absolute atomic E-state index is 2.61. The van der Waals surface area contributed by atoms with E-state index >= 15 is 0 Å². The highest BCUT2D eigenvalue weighted by atomic mass is 15.2. The zero-order chi connectivity index (χ0) is 60.1. The van der Waals surface area contributed by atoms with Gasteiger partial charge in [-0.05, 0) is 274 Å². The number of hydrogen-bond acceptors (Lipinski definition) is 5. The summed E-state index contributed by atoms with van der Waals surface area (Å²) in [5.41, 5.74) is 9.73. The Morgan fingerprint density at radius 3 is 0.963 bits per heavy atom. The first kappa shape index (κ1) is 77.5. The molecule has 5 heteroatoms. The third kappa shape index (κ3) is 37.6. The molecule has 0 atom stereocenters. The highest BCUT2D eigenvalue weighted by molar-refractivity contribution is 5.26. The molecule has 3 aromatic rings. The molecule has 4 saturated heterocycles. The van der Waals surface area contributed by atoms with Gasteiger partial charge in [-0.1, -0.05) is 172 Å². The minimum absolute atomic E-state index is 0. The molecule has 0 radical (unpaired) electrons. The minimum Gasteiger partial charge on any atom is -0.298 e. The van der Waals surface area contributed by atoms with Crippen molar-refractivity contribution in [2.45, 2.75) is 304 Å². The van der Waals surface area contributed by atoms with Crippen molar-refractivity contribution < 1.29 is 0 Å². The second-order valence-corrected chi connectivity index (χ2v) is 31.3. The maximum Gasteiger partial charge on any atom is 0.0238 e. The minimum atomic E-state index is 0. The average molecular weight is 1110 g/mol. The molecular weight excluding hydrogens is 971 g/mol. The largest absolute Gasteiger partial charge is 0.298 e. The summed E-state index contributed by atoms with van der Waals surface area (Å²) in [6.45, 7) is 67.3. The third-order valence-corrected chi connectivity index (χ3v) is 15.8. The van der Waals surface area contributed by atoms with E-state index in [2.05, 4.69) is 270 Å². The lowest BCUT2D eigenvalue weighted by Gasteiger charge is -2.38. The fourth-order valence-electron chi connectivity index (χ4n) is 10.9. The summed E-state index contributed by atoms with van der Waals surface area (Å²) in [7, 11) is 0. The van der Waals surface area contributed by atoms with E-state index in [4.69, 9.17) is 0 Å². The highest BCUT2D eigenvalue weighted by Gasteiger charge is 2.25. The van der Waals surface area contributed by atoms with E-state index < -0.39 is 0 Å². The molecule has 4 aliphatic heterocycles. The number of benzene rings is 3. The van der Waals surface area contributed by atoms with Gasteiger partial charge in [-0.2, -0.15) is 0 Å². The Balaban J connectivity index is 0.000000911. The number of hydrogen-bond donors (Lipinski definition) is 0. The predicted molar refractivity (Wildman–Crippen MR) is 363 cm³/mol. The van der Waals surface area contributed by atoms with E-state index in [1.54, 1.807) is 0 Å². The molecule has 80 heavy (non-hydrogen) atoms. The standard InChI is InChI=1S/C13H21N.2C12H18.C10H21N.3C9H19N.CH4/c1-5-14(13(2,3)4)11-12-9-7-6-8-10-12;1-10-6-5-7-11(8-10)9-12(2,3)4;1-10-7-5-6-8-11(10)9-12(2,3)4;1-10(2,3)11-8-6-4-5-7-9-11;3*1-9(2,3)10-7-5-4-6-8-10;/h6-10H,5,11H2,1-4H3;2*5-8H,9H2,1-4H3;4-9H2,1-3H3;3*4-8H2,1-3H3;1H4. The monoisotopic (exact) mass is 1110 g/mol. The van der Waals surface area contributed by atoms with Crippen LogP contribution in [0.4, 0.5) is 0 Å². The van der Waals surface area contributed by atoms with Crippen LogP contribution in [0.3, 0.4) is 0 Å². The van der Waals surface area contributed by atoms with Gasteiger partial charge in [0, 0.05) is 34.2 Å². The van der Waals surface area contributed by atoms with Gasteiger partial charge in [0.05, 0.1) is 0 Å². The van der Waals surface area contributed by atoms with Crippen LogP contribution in [0.25, 0.3) is 0 Å². The van der Waals surface area contributed by atoms with E-state index in [1.165, 1.54) is 170 Å². The molecule has 7 rings (SSSR count). The number of nitrogens with zero attached hydrogens (tertiary/aromatic N) is 5. The normalized spacial score (nSPS) is 17.5. The zero-order valence-corrected chi connectivity index (χ0v) is 57.4. The van der Waals surface area contributed by atoms with Crippen LogP contribution in [0.2, 0.25) is 0 Å². The van der Waals surface area contributed by atoms with Crippen LogP contribution in [-0.4, -0.2) is 111 Å². The first-order valence-electron chi connectivity index (χ1n) is 32.3. The van der Waals surface area contributed by atoms with E-state index in [9.17, 15) is 0 Å². The lowest BCUT2D eigenvalue weighted by atomic mass is 9.86. The van der Waals surface area contributed by atoms with Gasteiger partial charge < -0.3 is 0 Å². The second-order valence-electron chi connectivity index (χ2n) is 31.3. The van der Waals surface area contributed by atoms with Gasteiger partial charge in [0.15, 0.2) is 0 Å². The Hall–Kier alpha value is -2.54. The van der Waals surface area contributed by atoms with Crippen LogP contribution < -0.4 is 0 Å². The van der Waals surface area contributed by atoms with Crippen molar-refractivity contribution in [2.75, 3.05) is 58.9 Å². The van der Waals surface area contributed by atoms with Crippen LogP contribution in [0.1, 0.15) is 271 Å². The predicted octanol–water partition coefficient (Wildman–Crippen LogP) is 20.6. The van der Waals surface area contributed by atoms with Gasteiger partial charge in [0.1, 0.15) is 0 Å². The topological polar surface area (TPSA) is 16.2 Å². The van der Waals surface area contributed by atoms with Crippen LogP contribution in [0.5, 0.6) is 0 Å². The van der Waals surface area contributed by atoms with E-state index in [0.717, 1.165) is 19.5 Å². The quantitative estimate of drug-likeness (QED) is 0.252. The molecule has 0 aliphatic carbocycles. The maximum atomic E-state index is 2.61. The molecule has 0 unspecified atom stereocenters. The molecule has 4 heterocycles. The summed E-state index contributed by atoms with van der Waals surface area (Å²) in [5.74, 6) is 0. The molecule has 5 nitrogen and oxygen atoms in total. The number of likely N-dealkylation sites (tertiary alicyclic amines) is 4. The molecule has 0 spiro atoms. The van der Waals surface area contributed by atoms with Crippen LogP contribution in [0.15, 0.2) is 78.9 Å². The Morgan fingerprint density at radius 1 is 0.362 bits per heavy atom. The van der Waals surface area contributed by atoms with Gasteiger partial charge in [0.25, 0.3) is 0 Å². The number of aryl methyl sites for hydroxylation is 2.